The Balaban J connectivity index is 2.57. The highest BCUT2D eigenvalue weighted by Crippen LogP contribution is 2.39. The number of fused-ring (bicyclic) bond motifs is 1. The number of aryl methyl sites for hydroxylation is 1. The molecule has 2 nitrogen and oxygen atoms in total. The van der Waals surface area contributed by atoms with Gasteiger partial charge in [-0.3, -0.25) is 0 Å². The van der Waals surface area contributed by atoms with Gasteiger partial charge >= 0.3 is 0 Å². The second-order valence-corrected chi connectivity index (χ2v) is 5.07. The Labute approximate surface area is 108 Å². The van der Waals surface area contributed by atoms with Crippen molar-refractivity contribution in [1.29, 1.82) is 0 Å². The van der Waals surface area contributed by atoms with E-state index in [-0.39, 0.29) is 0 Å². The first-order valence-electron chi connectivity index (χ1n) is 6.21. The molecule has 0 spiro atoms. The van der Waals surface area contributed by atoms with Gasteiger partial charge in [-0.05, 0) is 49.8 Å². The zero-order valence-electron chi connectivity index (χ0n) is 10.4. The van der Waals surface area contributed by atoms with Crippen LogP contribution in [0.25, 0.3) is 0 Å². The summed E-state index contributed by atoms with van der Waals surface area (Å²) in [5.41, 5.74) is 3.30. The second-order valence-electron chi connectivity index (χ2n) is 4.69. The fraction of sp³-hybridized carbons (Fsp3) is 0.571. The van der Waals surface area contributed by atoms with Crippen molar-refractivity contribution in [3.63, 3.8) is 0 Å². The fourth-order valence-corrected chi connectivity index (χ4v) is 2.95. The molecule has 1 aliphatic carbocycles. The Bertz CT molecular complexity index is 413. The van der Waals surface area contributed by atoms with E-state index in [9.17, 15) is 5.11 Å². The summed E-state index contributed by atoms with van der Waals surface area (Å²) in [6.45, 7) is 1.75. The van der Waals surface area contributed by atoms with Crippen molar-refractivity contribution in [1.82, 2.24) is 0 Å². The largest absolute Gasteiger partial charge is 0.495 e. The van der Waals surface area contributed by atoms with Crippen LogP contribution in [0.15, 0.2) is 6.07 Å². The summed E-state index contributed by atoms with van der Waals surface area (Å²) in [5.74, 6) is 0.641. The standard InChI is InChI=1S/C14H19ClO2/c1-9(16)12-8-10-6-4-3-5-7-11(10)13(15)14(12)17-2/h8-9,16H,3-7H2,1-2H3. The first-order valence-corrected chi connectivity index (χ1v) is 6.59. The Morgan fingerprint density at radius 1 is 1.29 bits per heavy atom. The van der Waals surface area contributed by atoms with Crippen LogP contribution in [0.5, 0.6) is 5.75 Å². The highest BCUT2D eigenvalue weighted by Gasteiger charge is 2.20. The zero-order chi connectivity index (χ0) is 12.4. The van der Waals surface area contributed by atoms with Gasteiger partial charge in [-0.25, -0.2) is 0 Å². The van der Waals surface area contributed by atoms with E-state index in [0.29, 0.717) is 10.8 Å². The summed E-state index contributed by atoms with van der Waals surface area (Å²) in [6, 6.07) is 2.07. The van der Waals surface area contributed by atoms with Crippen LogP contribution in [-0.2, 0) is 12.8 Å². The fourth-order valence-electron chi connectivity index (χ4n) is 2.55. The van der Waals surface area contributed by atoms with Gasteiger partial charge < -0.3 is 9.84 Å². The number of benzene rings is 1. The number of halogens is 1. The van der Waals surface area contributed by atoms with Crippen molar-refractivity contribution in [2.45, 2.75) is 45.1 Å². The molecule has 94 valence electrons. The topological polar surface area (TPSA) is 29.5 Å². The Hall–Kier alpha value is -0.730. The minimum atomic E-state index is -0.545. The minimum Gasteiger partial charge on any atom is -0.495 e. The van der Waals surface area contributed by atoms with Gasteiger partial charge in [-0.2, -0.15) is 0 Å². The summed E-state index contributed by atoms with van der Waals surface area (Å²) >= 11 is 6.41. The van der Waals surface area contributed by atoms with Gasteiger partial charge in [0.1, 0.15) is 5.75 Å². The molecular weight excluding hydrogens is 236 g/mol. The Morgan fingerprint density at radius 3 is 2.65 bits per heavy atom. The minimum absolute atomic E-state index is 0.545. The summed E-state index contributed by atoms with van der Waals surface area (Å²) in [6.07, 6.45) is 5.16. The average Bonchev–Trinajstić information content (AvgIpc) is 2.54. The molecule has 1 atom stereocenters. The number of ether oxygens (including phenoxy) is 1. The molecule has 3 heteroatoms. The molecule has 0 bridgehead atoms. The number of rotatable bonds is 2. The van der Waals surface area contributed by atoms with Crippen molar-refractivity contribution in [3.8, 4) is 5.75 Å². The van der Waals surface area contributed by atoms with E-state index in [0.717, 1.165) is 18.4 Å². The molecule has 0 aliphatic heterocycles. The molecule has 0 radical (unpaired) electrons. The number of hydrogen-bond acceptors (Lipinski definition) is 2. The number of aliphatic hydroxyl groups is 1. The molecule has 0 saturated carbocycles. The van der Waals surface area contributed by atoms with E-state index in [1.54, 1.807) is 14.0 Å². The van der Waals surface area contributed by atoms with E-state index in [4.69, 9.17) is 16.3 Å². The van der Waals surface area contributed by atoms with Gasteiger partial charge in [0, 0.05) is 5.56 Å². The normalized spacial score (nSPS) is 17.2. The van der Waals surface area contributed by atoms with Crippen LogP contribution in [0, 0.1) is 0 Å². The summed E-state index contributed by atoms with van der Waals surface area (Å²) < 4.78 is 5.35. The Kier molecular flexibility index (Phi) is 3.95. The van der Waals surface area contributed by atoms with E-state index in [2.05, 4.69) is 6.07 Å². The van der Waals surface area contributed by atoms with Gasteiger partial charge in [-0.15, -0.1) is 0 Å². The van der Waals surface area contributed by atoms with Crippen molar-refractivity contribution in [3.05, 3.63) is 27.8 Å². The van der Waals surface area contributed by atoms with Gasteiger partial charge in [0.2, 0.25) is 0 Å². The van der Waals surface area contributed by atoms with Crippen LogP contribution in [0.3, 0.4) is 0 Å². The predicted molar refractivity (Wildman–Crippen MR) is 69.9 cm³/mol. The Morgan fingerprint density at radius 2 is 2.00 bits per heavy atom. The van der Waals surface area contributed by atoms with Crippen LogP contribution in [0.4, 0.5) is 0 Å². The first kappa shape index (κ1) is 12.7. The highest BCUT2D eigenvalue weighted by molar-refractivity contribution is 6.33. The lowest BCUT2D eigenvalue weighted by Crippen LogP contribution is -2.03. The maximum atomic E-state index is 9.79. The molecule has 0 amide bonds. The lowest BCUT2D eigenvalue weighted by atomic mass is 9.97. The van der Waals surface area contributed by atoms with Crippen molar-refractivity contribution in [2.75, 3.05) is 7.11 Å². The molecule has 1 aliphatic rings. The average molecular weight is 255 g/mol. The van der Waals surface area contributed by atoms with Gasteiger partial charge in [0.05, 0.1) is 18.2 Å². The van der Waals surface area contributed by atoms with Crippen molar-refractivity contribution < 1.29 is 9.84 Å². The predicted octanol–water partition coefficient (Wildman–Crippen LogP) is 3.67. The zero-order valence-corrected chi connectivity index (χ0v) is 11.2. The molecule has 0 heterocycles. The maximum Gasteiger partial charge on any atom is 0.143 e. The lowest BCUT2D eigenvalue weighted by Gasteiger charge is -2.18. The van der Waals surface area contributed by atoms with Gasteiger partial charge in [0.15, 0.2) is 0 Å². The summed E-state index contributed by atoms with van der Waals surface area (Å²) in [5, 5.41) is 10.5. The molecule has 2 rings (SSSR count). The third-order valence-corrected chi connectivity index (χ3v) is 3.87. The quantitative estimate of drug-likeness (QED) is 0.816. The first-order chi connectivity index (χ1) is 8.15. The van der Waals surface area contributed by atoms with E-state index in [1.165, 1.54) is 30.4 Å². The third kappa shape index (κ3) is 2.43. The second kappa shape index (κ2) is 5.28. The monoisotopic (exact) mass is 254 g/mol. The van der Waals surface area contributed by atoms with E-state index < -0.39 is 6.10 Å². The maximum absolute atomic E-state index is 9.79. The number of methoxy groups -OCH3 is 1. The van der Waals surface area contributed by atoms with E-state index >= 15 is 0 Å². The third-order valence-electron chi connectivity index (χ3n) is 3.47. The van der Waals surface area contributed by atoms with Crippen LogP contribution < -0.4 is 4.74 Å². The van der Waals surface area contributed by atoms with Crippen molar-refractivity contribution in [2.24, 2.45) is 0 Å². The molecule has 1 N–H and O–H groups in total. The van der Waals surface area contributed by atoms with E-state index in [1.807, 2.05) is 0 Å². The van der Waals surface area contributed by atoms with Crippen LogP contribution in [0.1, 0.15) is 49.0 Å². The smallest absolute Gasteiger partial charge is 0.143 e. The molecule has 0 aromatic heterocycles. The molecular formula is C14H19ClO2. The van der Waals surface area contributed by atoms with Crippen molar-refractivity contribution >= 4 is 11.6 Å². The number of aliphatic hydroxyl groups excluding tert-OH is 1. The van der Waals surface area contributed by atoms with Crippen LogP contribution in [0.2, 0.25) is 5.02 Å². The van der Waals surface area contributed by atoms with Crippen LogP contribution in [-0.4, -0.2) is 12.2 Å². The van der Waals surface area contributed by atoms with Crippen LogP contribution >= 0.6 is 11.6 Å². The van der Waals surface area contributed by atoms with Gasteiger partial charge in [-0.1, -0.05) is 18.0 Å². The number of hydrogen-bond donors (Lipinski definition) is 1. The molecule has 1 aromatic carbocycles. The SMILES string of the molecule is COc1c(C(C)O)cc2c(c1Cl)CCCCC2. The molecule has 17 heavy (non-hydrogen) atoms. The lowest BCUT2D eigenvalue weighted by molar-refractivity contribution is 0.194. The molecule has 0 saturated heterocycles. The summed E-state index contributed by atoms with van der Waals surface area (Å²) in [7, 11) is 1.61. The highest BCUT2D eigenvalue weighted by atomic mass is 35.5. The molecule has 0 fully saturated rings. The molecule has 1 aromatic rings. The summed E-state index contributed by atoms with van der Waals surface area (Å²) in [4.78, 5) is 0. The van der Waals surface area contributed by atoms with Gasteiger partial charge in [0.25, 0.3) is 0 Å². The molecule has 1 unspecified atom stereocenters.